The smallest absolute Gasteiger partial charge is 0.433 e. The zero-order valence-electron chi connectivity index (χ0n) is 13.6. The summed E-state index contributed by atoms with van der Waals surface area (Å²) in [4.78, 5) is 26.7. The molecule has 6 nitrogen and oxygen atoms in total. The first-order valence-electron chi connectivity index (χ1n) is 7.60. The molecule has 1 aliphatic rings. The monoisotopic (exact) mass is 373 g/mol. The first-order valence-corrected chi connectivity index (χ1v) is 7.60. The maximum absolute atomic E-state index is 13.6. The van der Waals surface area contributed by atoms with E-state index >= 15 is 0 Å². The van der Waals surface area contributed by atoms with Crippen molar-refractivity contribution in [2.24, 2.45) is 5.73 Å². The van der Waals surface area contributed by atoms with Crippen molar-refractivity contribution < 1.29 is 31.9 Å². The van der Waals surface area contributed by atoms with Crippen molar-refractivity contribution >= 4 is 12.0 Å². The SMILES string of the molecule is CC(C#Cc1ncc(F)cc1C1CCCN1C(=O)C(F)(F)F)OC(N)=O. The van der Waals surface area contributed by atoms with Crippen molar-refractivity contribution in [2.75, 3.05) is 6.54 Å². The number of carbonyl (C=O) groups is 2. The Bertz CT molecular complexity index is 770. The second-order valence-corrected chi connectivity index (χ2v) is 5.59. The Kier molecular flexibility index (Phi) is 5.69. The van der Waals surface area contributed by atoms with Crippen molar-refractivity contribution in [1.82, 2.24) is 9.88 Å². The number of hydrogen-bond donors (Lipinski definition) is 1. The van der Waals surface area contributed by atoms with Crippen molar-refractivity contribution in [3.05, 3.63) is 29.3 Å². The number of halogens is 4. The summed E-state index contributed by atoms with van der Waals surface area (Å²) in [5.74, 6) is 2.29. The molecule has 140 valence electrons. The van der Waals surface area contributed by atoms with Gasteiger partial charge in [-0.25, -0.2) is 14.2 Å². The highest BCUT2D eigenvalue weighted by molar-refractivity contribution is 5.82. The molecule has 1 aromatic heterocycles. The van der Waals surface area contributed by atoms with Crippen molar-refractivity contribution in [3.63, 3.8) is 0 Å². The van der Waals surface area contributed by atoms with Gasteiger partial charge in [-0.2, -0.15) is 13.2 Å². The normalized spacial score (nSPS) is 18.0. The highest BCUT2D eigenvalue weighted by Gasteiger charge is 2.46. The van der Waals surface area contributed by atoms with Crippen LogP contribution in [0.25, 0.3) is 0 Å². The van der Waals surface area contributed by atoms with Crippen molar-refractivity contribution in [1.29, 1.82) is 0 Å². The van der Waals surface area contributed by atoms with E-state index in [-0.39, 0.29) is 24.2 Å². The molecule has 0 spiro atoms. The van der Waals surface area contributed by atoms with Gasteiger partial charge in [0.2, 0.25) is 0 Å². The number of nitrogens with two attached hydrogens (primary N) is 1. The van der Waals surface area contributed by atoms with Gasteiger partial charge in [0.25, 0.3) is 0 Å². The lowest BCUT2D eigenvalue weighted by Gasteiger charge is -2.26. The predicted octanol–water partition coefficient (Wildman–Crippen LogP) is 2.28. The van der Waals surface area contributed by atoms with Gasteiger partial charge < -0.3 is 15.4 Å². The van der Waals surface area contributed by atoms with Crippen LogP contribution in [0.1, 0.15) is 37.1 Å². The van der Waals surface area contributed by atoms with Crippen LogP contribution in [0.5, 0.6) is 0 Å². The van der Waals surface area contributed by atoms with E-state index in [1.54, 1.807) is 0 Å². The van der Waals surface area contributed by atoms with Gasteiger partial charge in [-0.15, -0.1) is 0 Å². The third-order valence-electron chi connectivity index (χ3n) is 3.69. The molecule has 0 aromatic carbocycles. The van der Waals surface area contributed by atoms with Gasteiger partial charge in [-0.3, -0.25) is 4.79 Å². The number of primary amides is 1. The number of carbonyl (C=O) groups excluding carboxylic acids is 2. The Hall–Kier alpha value is -2.83. The number of aromatic nitrogens is 1. The number of ether oxygens (including phenoxy) is 1. The first kappa shape index (κ1) is 19.5. The zero-order chi connectivity index (χ0) is 19.5. The molecule has 1 saturated heterocycles. The fourth-order valence-corrected chi connectivity index (χ4v) is 2.68. The second kappa shape index (κ2) is 7.59. The van der Waals surface area contributed by atoms with Gasteiger partial charge in [0, 0.05) is 12.1 Å². The minimum atomic E-state index is -5.03. The van der Waals surface area contributed by atoms with Crippen LogP contribution in [0, 0.1) is 17.7 Å². The first-order chi connectivity index (χ1) is 12.1. The van der Waals surface area contributed by atoms with E-state index in [9.17, 15) is 27.2 Å². The van der Waals surface area contributed by atoms with Crippen LogP contribution in [-0.4, -0.2) is 40.7 Å². The minimum absolute atomic E-state index is 0.00167. The summed E-state index contributed by atoms with van der Waals surface area (Å²) >= 11 is 0. The summed E-state index contributed by atoms with van der Waals surface area (Å²) < 4.78 is 56.6. The molecule has 2 rings (SSSR count). The Morgan fingerprint density at radius 3 is 2.77 bits per heavy atom. The lowest BCUT2D eigenvalue weighted by molar-refractivity contribution is -0.186. The molecule has 0 saturated carbocycles. The molecule has 2 atom stereocenters. The van der Waals surface area contributed by atoms with E-state index in [4.69, 9.17) is 5.73 Å². The number of alkyl halides is 3. The fourth-order valence-electron chi connectivity index (χ4n) is 2.68. The quantitative estimate of drug-likeness (QED) is 0.637. The fraction of sp³-hybridized carbons (Fsp3) is 0.438. The van der Waals surface area contributed by atoms with Gasteiger partial charge >= 0.3 is 18.2 Å². The molecule has 2 N–H and O–H groups in total. The Balaban J connectivity index is 2.37. The lowest BCUT2D eigenvalue weighted by Crippen LogP contribution is -2.40. The molecule has 0 radical (unpaired) electrons. The van der Waals surface area contributed by atoms with Crippen LogP contribution >= 0.6 is 0 Å². The summed E-state index contributed by atoms with van der Waals surface area (Å²) in [6.07, 6.45) is -5.57. The minimum Gasteiger partial charge on any atom is -0.433 e. The number of pyridine rings is 1. The van der Waals surface area contributed by atoms with E-state index in [2.05, 4.69) is 21.6 Å². The summed E-state index contributed by atoms with van der Waals surface area (Å²) in [6, 6.07) is 0.00693. The van der Waals surface area contributed by atoms with Crippen molar-refractivity contribution in [3.8, 4) is 11.8 Å². The van der Waals surface area contributed by atoms with Crippen molar-refractivity contribution in [2.45, 2.75) is 38.1 Å². The number of nitrogens with zero attached hydrogens (tertiary/aromatic N) is 2. The van der Waals surface area contributed by atoms with E-state index in [1.807, 2.05) is 0 Å². The highest BCUT2D eigenvalue weighted by atomic mass is 19.4. The summed E-state index contributed by atoms with van der Waals surface area (Å²) in [6.45, 7) is 1.32. The predicted molar refractivity (Wildman–Crippen MR) is 80.9 cm³/mol. The zero-order valence-corrected chi connectivity index (χ0v) is 13.6. The molecular weight excluding hydrogens is 358 g/mol. The Morgan fingerprint density at radius 1 is 1.46 bits per heavy atom. The molecule has 1 aromatic rings. The molecule has 0 aliphatic carbocycles. The number of rotatable bonds is 2. The third-order valence-corrected chi connectivity index (χ3v) is 3.69. The molecule has 2 amide bonds. The molecule has 10 heteroatoms. The average Bonchev–Trinajstić information content (AvgIpc) is 3.00. The highest BCUT2D eigenvalue weighted by Crippen LogP contribution is 2.36. The van der Waals surface area contributed by atoms with Crippen LogP contribution in [0.15, 0.2) is 12.3 Å². The average molecular weight is 373 g/mol. The van der Waals surface area contributed by atoms with Crippen LogP contribution in [-0.2, 0) is 9.53 Å². The maximum atomic E-state index is 13.6. The molecule has 1 aliphatic heterocycles. The Morgan fingerprint density at radius 2 is 2.15 bits per heavy atom. The number of hydrogen-bond acceptors (Lipinski definition) is 4. The maximum Gasteiger partial charge on any atom is 0.471 e. The van der Waals surface area contributed by atoms with Crippen LogP contribution in [0.2, 0.25) is 0 Å². The van der Waals surface area contributed by atoms with Crippen LogP contribution in [0.3, 0.4) is 0 Å². The molecular formula is C16H15F4N3O3. The van der Waals surface area contributed by atoms with Crippen LogP contribution in [0.4, 0.5) is 22.4 Å². The number of amides is 2. The standard InChI is InChI=1S/C16H15F4N3O3/c1-9(26-15(21)25)4-5-12-11(7-10(17)8-22-12)13-3-2-6-23(13)14(24)16(18,19)20/h7-9,13H,2-3,6H2,1H3,(H2,21,25). The molecule has 1 fully saturated rings. The van der Waals surface area contributed by atoms with Gasteiger partial charge in [0.1, 0.15) is 11.5 Å². The third kappa shape index (κ3) is 4.62. The van der Waals surface area contributed by atoms with Gasteiger partial charge in [-0.1, -0.05) is 5.92 Å². The largest absolute Gasteiger partial charge is 0.471 e. The van der Waals surface area contributed by atoms with E-state index in [0.29, 0.717) is 11.3 Å². The number of likely N-dealkylation sites (tertiary alicyclic amines) is 1. The Labute approximate surface area is 146 Å². The molecule has 26 heavy (non-hydrogen) atoms. The summed E-state index contributed by atoms with van der Waals surface area (Å²) in [5, 5.41) is 0. The van der Waals surface area contributed by atoms with E-state index in [0.717, 1.165) is 12.3 Å². The van der Waals surface area contributed by atoms with Gasteiger partial charge in [0.15, 0.2) is 6.10 Å². The summed E-state index contributed by atoms with van der Waals surface area (Å²) in [7, 11) is 0. The van der Waals surface area contributed by atoms with Gasteiger partial charge in [-0.05, 0) is 31.8 Å². The molecule has 2 unspecified atom stereocenters. The van der Waals surface area contributed by atoms with Gasteiger partial charge in [0.05, 0.1) is 12.2 Å². The second-order valence-electron chi connectivity index (χ2n) is 5.59. The molecule has 2 heterocycles. The lowest BCUT2D eigenvalue weighted by atomic mass is 10.0. The van der Waals surface area contributed by atoms with Crippen LogP contribution < -0.4 is 5.73 Å². The van der Waals surface area contributed by atoms with E-state index in [1.165, 1.54) is 6.92 Å². The summed E-state index contributed by atoms with van der Waals surface area (Å²) in [5.41, 5.74) is 4.93. The van der Waals surface area contributed by atoms with E-state index < -0.39 is 36.1 Å². The topological polar surface area (TPSA) is 85.5 Å². The molecule has 0 bridgehead atoms.